The Morgan fingerprint density at radius 1 is 1.30 bits per heavy atom. The number of carbonyl (C=O) groups excluding carboxylic acids is 2. The van der Waals surface area contributed by atoms with Gasteiger partial charge in [-0.2, -0.15) is 0 Å². The number of carbonyl (C=O) groups is 2. The lowest BCUT2D eigenvalue weighted by Crippen LogP contribution is -2.42. The van der Waals surface area contributed by atoms with Crippen molar-refractivity contribution in [1.29, 1.82) is 0 Å². The standard InChI is InChI=1S/C21H25FN2O2S/c1-7-13(3)24-19(25)18(27-20(24)26)9-14-8-15-12(2)11-21(4,5)23(6)17(15)10-16(14)22/h8-11,13H,7H2,1-6H3/b18-9-. The Hall–Kier alpha value is -2.08. The molecule has 2 aliphatic rings. The minimum Gasteiger partial charge on any atom is -0.365 e. The Labute approximate surface area is 164 Å². The van der Waals surface area contributed by atoms with Crippen molar-refractivity contribution in [2.45, 2.75) is 52.6 Å². The van der Waals surface area contributed by atoms with Gasteiger partial charge in [0.1, 0.15) is 5.82 Å². The van der Waals surface area contributed by atoms with Crippen LogP contribution < -0.4 is 4.90 Å². The molecule has 2 amide bonds. The molecule has 1 unspecified atom stereocenters. The molecule has 0 bridgehead atoms. The van der Waals surface area contributed by atoms with Crippen LogP contribution in [0.4, 0.5) is 14.9 Å². The summed E-state index contributed by atoms with van der Waals surface area (Å²) in [6, 6.07) is 3.11. The van der Waals surface area contributed by atoms with Gasteiger partial charge in [0.15, 0.2) is 0 Å². The average molecular weight is 389 g/mol. The topological polar surface area (TPSA) is 40.6 Å². The molecule has 144 valence electrons. The molecule has 1 saturated heterocycles. The van der Waals surface area contributed by atoms with Gasteiger partial charge in [0.25, 0.3) is 11.1 Å². The highest BCUT2D eigenvalue weighted by atomic mass is 32.2. The maximum Gasteiger partial charge on any atom is 0.293 e. The van der Waals surface area contributed by atoms with Crippen LogP contribution in [0.15, 0.2) is 23.1 Å². The smallest absolute Gasteiger partial charge is 0.293 e. The lowest BCUT2D eigenvalue weighted by Gasteiger charge is -2.40. The summed E-state index contributed by atoms with van der Waals surface area (Å²) >= 11 is 0.874. The van der Waals surface area contributed by atoms with E-state index in [1.165, 1.54) is 17.0 Å². The highest BCUT2D eigenvalue weighted by Gasteiger charge is 2.38. The molecule has 0 spiro atoms. The van der Waals surface area contributed by atoms with Crippen molar-refractivity contribution in [3.8, 4) is 0 Å². The number of rotatable bonds is 3. The fraction of sp³-hybridized carbons (Fsp3) is 0.429. The third-order valence-corrected chi connectivity index (χ3v) is 6.36. The van der Waals surface area contributed by atoms with E-state index in [9.17, 15) is 14.0 Å². The number of hydrogen-bond acceptors (Lipinski definition) is 4. The molecule has 1 fully saturated rings. The van der Waals surface area contributed by atoms with Gasteiger partial charge >= 0.3 is 0 Å². The molecule has 27 heavy (non-hydrogen) atoms. The second-order valence-electron chi connectivity index (χ2n) is 7.74. The van der Waals surface area contributed by atoms with Crippen LogP contribution in [0.25, 0.3) is 11.6 Å². The van der Waals surface area contributed by atoms with E-state index in [-0.39, 0.29) is 27.6 Å². The van der Waals surface area contributed by atoms with Crippen LogP contribution in [0.3, 0.4) is 0 Å². The van der Waals surface area contributed by atoms with Gasteiger partial charge in [-0.25, -0.2) is 4.39 Å². The number of amides is 2. The second-order valence-corrected chi connectivity index (χ2v) is 8.73. The first-order chi connectivity index (χ1) is 12.6. The van der Waals surface area contributed by atoms with Crippen LogP contribution in [0, 0.1) is 5.82 Å². The van der Waals surface area contributed by atoms with E-state index in [1.54, 1.807) is 6.07 Å². The van der Waals surface area contributed by atoms with Gasteiger partial charge in [0.2, 0.25) is 0 Å². The SMILES string of the molecule is CCC(C)N1C(=O)S/C(=C\c2cc3c(cc2F)N(C)C(C)(C)C=C3C)C1=O. The van der Waals surface area contributed by atoms with E-state index >= 15 is 0 Å². The molecule has 0 aliphatic carbocycles. The molecule has 2 heterocycles. The molecular weight excluding hydrogens is 363 g/mol. The van der Waals surface area contributed by atoms with Gasteiger partial charge in [0, 0.05) is 29.9 Å². The number of hydrogen-bond donors (Lipinski definition) is 0. The van der Waals surface area contributed by atoms with Crippen molar-refractivity contribution in [3.05, 3.63) is 40.1 Å². The Kier molecular flexibility index (Phi) is 4.97. The number of thioether (sulfide) groups is 1. The number of likely N-dealkylation sites (N-methyl/N-ethyl adjacent to an activating group) is 1. The fourth-order valence-corrected chi connectivity index (χ4v) is 4.40. The summed E-state index contributed by atoms with van der Waals surface area (Å²) in [5.41, 5.74) is 2.94. The van der Waals surface area contributed by atoms with Gasteiger partial charge in [-0.15, -0.1) is 0 Å². The van der Waals surface area contributed by atoms with Crippen LogP contribution in [0.5, 0.6) is 0 Å². The van der Waals surface area contributed by atoms with Crippen molar-refractivity contribution in [2.24, 2.45) is 0 Å². The Morgan fingerprint density at radius 2 is 1.96 bits per heavy atom. The lowest BCUT2D eigenvalue weighted by atomic mass is 9.88. The normalized spacial score (nSPS) is 21.6. The molecule has 6 heteroatoms. The summed E-state index contributed by atoms with van der Waals surface area (Å²) in [6.07, 6.45) is 4.33. The molecule has 4 nitrogen and oxygen atoms in total. The fourth-order valence-electron chi connectivity index (χ4n) is 3.48. The summed E-state index contributed by atoms with van der Waals surface area (Å²) in [7, 11) is 1.94. The van der Waals surface area contributed by atoms with E-state index in [0.717, 1.165) is 28.6 Å². The number of benzene rings is 1. The molecule has 2 aliphatic heterocycles. The Bertz CT molecular complexity index is 888. The van der Waals surface area contributed by atoms with Gasteiger partial charge in [-0.3, -0.25) is 14.5 Å². The zero-order chi connectivity index (χ0) is 20.1. The summed E-state index contributed by atoms with van der Waals surface area (Å²) in [4.78, 5) is 28.4. The summed E-state index contributed by atoms with van der Waals surface area (Å²) in [5.74, 6) is -0.747. The average Bonchev–Trinajstić information content (AvgIpc) is 2.87. The third-order valence-electron chi connectivity index (χ3n) is 5.48. The number of anilines is 1. The number of imide groups is 1. The molecule has 0 aromatic heterocycles. The van der Waals surface area contributed by atoms with Crippen LogP contribution in [0.1, 0.15) is 52.2 Å². The van der Waals surface area contributed by atoms with Gasteiger partial charge in [0.05, 0.1) is 10.4 Å². The molecule has 0 N–H and O–H groups in total. The van der Waals surface area contributed by atoms with E-state index < -0.39 is 5.82 Å². The highest BCUT2D eigenvalue weighted by Crippen LogP contribution is 2.40. The van der Waals surface area contributed by atoms with E-state index in [2.05, 4.69) is 19.9 Å². The predicted molar refractivity (Wildman–Crippen MR) is 110 cm³/mol. The number of allylic oxidation sites excluding steroid dienone is 1. The van der Waals surface area contributed by atoms with E-state index in [4.69, 9.17) is 0 Å². The molecule has 3 rings (SSSR count). The van der Waals surface area contributed by atoms with Crippen molar-refractivity contribution in [1.82, 2.24) is 4.90 Å². The van der Waals surface area contributed by atoms with Crippen LogP contribution in [-0.2, 0) is 4.79 Å². The van der Waals surface area contributed by atoms with Crippen molar-refractivity contribution in [3.63, 3.8) is 0 Å². The Morgan fingerprint density at radius 3 is 2.59 bits per heavy atom. The molecule has 0 saturated carbocycles. The second kappa shape index (κ2) is 6.82. The monoisotopic (exact) mass is 388 g/mol. The zero-order valence-corrected chi connectivity index (χ0v) is 17.4. The maximum absolute atomic E-state index is 14.8. The van der Waals surface area contributed by atoms with Crippen LogP contribution in [-0.4, -0.2) is 34.7 Å². The number of halogens is 1. The highest BCUT2D eigenvalue weighted by molar-refractivity contribution is 8.18. The quantitative estimate of drug-likeness (QED) is 0.660. The number of nitrogens with zero attached hydrogens (tertiary/aromatic N) is 2. The van der Waals surface area contributed by atoms with E-state index in [0.29, 0.717) is 12.0 Å². The van der Waals surface area contributed by atoms with E-state index in [1.807, 2.05) is 32.7 Å². The first-order valence-corrected chi connectivity index (χ1v) is 9.92. The molecule has 0 radical (unpaired) electrons. The summed E-state index contributed by atoms with van der Waals surface area (Å²) < 4.78 is 14.8. The minimum atomic E-state index is -0.401. The zero-order valence-electron chi connectivity index (χ0n) is 16.6. The third kappa shape index (κ3) is 3.31. The minimum absolute atomic E-state index is 0.169. The number of fused-ring (bicyclic) bond motifs is 1. The maximum atomic E-state index is 14.8. The first-order valence-electron chi connectivity index (χ1n) is 9.11. The van der Waals surface area contributed by atoms with Gasteiger partial charge in [-0.05, 0) is 69.7 Å². The van der Waals surface area contributed by atoms with Crippen LogP contribution in [0.2, 0.25) is 0 Å². The lowest BCUT2D eigenvalue weighted by molar-refractivity contribution is -0.124. The molecule has 1 aromatic rings. The predicted octanol–water partition coefficient (Wildman–Crippen LogP) is 5.29. The van der Waals surface area contributed by atoms with Crippen LogP contribution >= 0.6 is 11.8 Å². The van der Waals surface area contributed by atoms with Crippen molar-refractivity contribution in [2.75, 3.05) is 11.9 Å². The summed E-state index contributed by atoms with van der Waals surface area (Å²) in [5, 5.41) is -0.295. The van der Waals surface area contributed by atoms with Gasteiger partial charge < -0.3 is 4.90 Å². The van der Waals surface area contributed by atoms with Crippen molar-refractivity contribution < 1.29 is 14.0 Å². The first kappa shape index (κ1) is 19.7. The molecular formula is C21H25FN2O2S. The largest absolute Gasteiger partial charge is 0.365 e. The molecule has 1 aromatic carbocycles. The van der Waals surface area contributed by atoms with Crippen molar-refractivity contribution >= 4 is 40.2 Å². The molecule has 1 atom stereocenters. The van der Waals surface area contributed by atoms with Gasteiger partial charge in [-0.1, -0.05) is 13.0 Å². The summed E-state index contributed by atoms with van der Waals surface area (Å²) in [6.45, 7) is 9.93. The Balaban J connectivity index is 2.03.